The maximum absolute atomic E-state index is 12.6. The smallest absolute Gasteiger partial charge is 0.172 e. The van der Waals surface area contributed by atoms with Crippen LogP contribution in [0.1, 0.15) is 19.2 Å². The second kappa shape index (κ2) is 9.85. The zero-order chi connectivity index (χ0) is 14.0. The Kier molecular flexibility index (Phi) is 9.24. The van der Waals surface area contributed by atoms with Crippen LogP contribution in [0.4, 0.5) is 7.77 Å². The van der Waals surface area contributed by atoms with Gasteiger partial charge in [-0.15, -0.1) is 16.7 Å². The van der Waals surface area contributed by atoms with Gasteiger partial charge in [0.2, 0.25) is 0 Å². The minimum atomic E-state index is -0.0438. The SMILES string of the molecule is C#C.C=CN(CCC)Cc1ncc(SF)n1SF. The van der Waals surface area contributed by atoms with Crippen molar-refractivity contribution in [2.45, 2.75) is 24.9 Å². The lowest BCUT2D eigenvalue weighted by Gasteiger charge is -2.18. The molecule has 0 aromatic carbocycles. The van der Waals surface area contributed by atoms with Crippen LogP contribution in [0.5, 0.6) is 0 Å². The highest BCUT2D eigenvalue weighted by atomic mass is 32.2. The van der Waals surface area contributed by atoms with Crippen molar-refractivity contribution < 1.29 is 7.77 Å². The highest BCUT2D eigenvalue weighted by molar-refractivity contribution is 7.96. The van der Waals surface area contributed by atoms with Crippen LogP contribution in [-0.2, 0) is 6.54 Å². The van der Waals surface area contributed by atoms with Gasteiger partial charge in [0, 0.05) is 6.54 Å². The topological polar surface area (TPSA) is 21.1 Å². The molecule has 0 saturated carbocycles. The maximum atomic E-state index is 12.6. The van der Waals surface area contributed by atoms with Gasteiger partial charge < -0.3 is 4.90 Å². The highest BCUT2D eigenvalue weighted by Gasteiger charge is 2.13. The quantitative estimate of drug-likeness (QED) is 0.711. The average molecular weight is 291 g/mol. The van der Waals surface area contributed by atoms with Gasteiger partial charge in [-0.2, -0.15) is 3.89 Å². The highest BCUT2D eigenvalue weighted by Crippen LogP contribution is 2.26. The molecule has 1 aromatic rings. The second-order valence-electron chi connectivity index (χ2n) is 3.11. The molecular weight excluding hydrogens is 276 g/mol. The predicted molar refractivity (Wildman–Crippen MR) is 74.1 cm³/mol. The summed E-state index contributed by atoms with van der Waals surface area (Å²) in [5.41, 5.74) is 0. The van der Waals surface area contributed by atoms with Crippen molar-refractivity contribution in [3.63, 3.8) is 0 Å². The molecule has 0 atom stereocenters. The molecule has 0 saturated heterocycles. The van der Waals surface area contributed by atoms with Crippen LogP contribution in [0.15, 0.2) is 24.0 Å². The number of halogens is 2. The van der Waals surface area contributed by atoms with E-state index in [4.69, 9.17) is 0 Å². The zero-order valence-corrected chi connectivity index (χ0v) is 11.7. The summed E-state index contributed by atoms with van der Waals surface area (Å²) in [6, 6.07) is 0. The Labute approximate surface area is 115 Å². The lowest BCUT2D eigenvalue weighted by molar-refractivity contribution is 0.359. The fraction of sp³-hybridized carbons (Fsp3) is 0.364. The van der Waals surface area contributed by atoms with E-state index in [-0.39, 0.29) is 29.5 Å². The van der Waals surface area contributed by atoms with Crippen LogP contribution in [0.2, 0.25) is 0 Å². The molecule has 0 aliphatic carbocycles. The molecule has 1 rings (SSSR count). The van der Waals surface area contributed by atoms with E-state index in [1.165, 1.54) is 6.20 Å². The lowest BCUT2D eigenvalue weighted by Crippen LogP contribution is -2.19. The van der Waals surface area contributed by atoms with E-state index >= 15 is 0 Å². The number of rotatable bonds is 7. The Bertz CT molecular complexity index is 380. The van der Waals surface area contributed by atoms with Crippen molar-refractivity contribution in [2.24, 2.45) is 0 Å². The van der Waals surface area contributed by atoms with E-state index in [1.54, 1.807) is 6.20 Å². The number of aromatic nitrogens is 2. The number of hydrogen-bond donors (Lipinski definition) is 0. The molecule has 0 radical (unpaired) electrons. The Balaban J connectivity index is 0.00000137. The van der Waals surface area contributed by atoms with Gasteiger partial charge in [0.25, 0.3) is 0 Å². The molecule has 0 unspecified atom stereocenters. The summed E-state index contributed by atoms with van der Waals surface area (Å²) in [5, 5.41) is 0.156. The lowest BCUT2D eigenvalue weighted by atomic mass is 10.4. The van der Waals surface area contributed by atoms with Crippen molar-refractivity contribution in [1.82, 2.24) is 13.9 Å². The molecule has 0 N–H and O–H groups in total. The van der Waals surface area contributed by atoms with Crippen molar-refractivity contribution >= 4 is 24.5 Å². The molecule has 0 aliphatic rings. The van der Waals surface area contributed by atoms with Crippen molar-refractivity contribution in [3.05, 3.63) is 24.8 Å². The van der Waals surface area contributed by atoms with E-state index < -0.39 is 0 Å². The molecule has 18 heavy (non-hydrogen) atoms. The first-order valence-corrected chi connectivity index (χ1v) is 6.50. The first-order chi connectivity index (χ1) is 8.76. The summed E-state index contributed by atoms with van der Waals surface area (Å²) in [6.07, 6.45) is 12.0. The zero-order valence-electron chi connectivity index (χ0n) is 10.1. The molecule has 3 nitrogen and oxygen atoms in total. The third kappa shape index (κ3) is 4.63. The third-order valence-electron chi connectivity index (χ3n) is 2.02. The number of imidazole rings is 1. The molecule has 0 amide bonds. The van der Waals surface area contributed by atoms with Gasteiger partial charge in [0.1, 0.15) is 23.0 Å². The van der Waals surface area contributed by atoms with Gasteiger partial charge in [-0.1, -0.05) is 13.5 Å². The first-order valence-electron chi connectivity index (χ1n) is 5.11. The number of terminal acetylenes is 1. The van der Waals surface area contributed by atoms with Crippen molar-refractivity contribution in [3.8, 4) is 12.8 Å². The van der Waals surface area contributed by atoms with E-state index in [0.29, 0.717) is 12.4 Å². The minimum Gasteiger partial charge on any atom is -0.371 e. The fourth-order valence-corrected chi connectivity index (χ4v) is 2.03. The predicted octanol–water partition coefficient (Wildman–Crippen LogP) is 3.85. The van der Waals surface area contributed by atoms with Gasteiger partial charge in [0.05, 0.1) is 12.7 Å². The average Bonchev–Trinajstić information content (AvgIpc) is 2.82. The Morgan fingerprint density at radius 3 is 2.67 bits per heavy atom. The molecule has 1 aromatic heterocycles. The number of nitrogens with zero attached hydrogens (tertiary/aromatic N) is 3. The summed E-state index contributed by atoms with van der Waals surface area (Å²) >= 11 is -0.0596. The normalized spacial score (nSPS) is 9.39. The molecule has 7 heteroatoms. The van der Waals surface area contributed by atoms with E-state index in [9.17, 15) is 7.77 Å². The van der Waals surface area contributed by atoms with E-state index in [0.717, 1.165) is 16.9 Å². The minimum absolute atomic E-state index is 0.0158. The Morgan fingerprint density at radius 1 is 1.56 bits per heavy atom. The number of hydrogen-bond acceptors (Lipinski definition) is 4. The standard InChI is InChI=1S/C9H13F2N3S2.C2H2/c1-3-5-13(4-2)7-8-12-6-9(15-10)14(8)16-11;1-2/h4,6H,2-3,5,7H2,1H3;1-2H. The van der Waals surface area contributed by atoms with Crippen LogP contribution in [0.25, 0.3) is 0 Å². The summed E-state index contributed by atoms with van der Waals surface area (Å²) in [4.78, 5) is 5.88. The molecule has 100 valence electrons. The summed E-state index contributed by atoms with van der Waals surface area (Å²) in [5.74, 6) is 0.473. The third-order valence-corrected chi connectivity index (χ3v) is 3.13. The second-order valence-corrected chi connectivity index (χ2v) is 4.18. The van der Waals surface area contributed by atoms with Gasteiger partial charge >= 0.3 is 0 Å². The van der Waals surface area contributed by atoms with Crippen LogP contribution < -0.4 is 0 Å². The fourth-order valence-electron chi connectivity index (χ4n) is 1.30. The molecule has 1 heterocycles. The maximum Gasteiger partial charge on any atom is 0.172 e. The summed E-state index contributed by atoms with van der Waals surface area (Å²) in [6.45, 7) is 6.94. The molecule has 0 spiro atoms. The van der Waals surface area contributed by atoms with E-state index in [2.05, 4.69) is 24.4 Å². The van der Waals surface area contributed by atoms with Gasteiger partial charge in [-0.05, 0) is 12.6 Å². The van der Waals surface area contributed by atoms with Gasteiger partial charge in [0.15, 0.2) is 12.3 Å². The monoisotopic (exact) mass is 291 g/mol. The summed E-state index contributed by atoms with van der Waals surface area (Å²) < 4.78 is 26.2. The van der Waals surface area contributed by atoms with Crippen LogP contribution in [-0.4, -0.2) is 20.4 Å². The van der Waals surface area contributed by atoms with Crippen molar-refractivity contribution in [1.29, 1.82) is 0 Å². The van der Waals surface area contributed by atoms with Crippen LogP contribution in [0.3, 0.4) is 0 Å². The molecule has 0 fully saturated rings. The Morgan fingerprint density at radius 2 is 2.22 bits per heavy atom. The van der Waals surface area contributed by atoms with Gasteiger partial charge in [-0.3, -0.25) is 0 Å². The van der Waals surface area contributed by atoms with Crippen molar-refractivity contribution in [2.75, 3.05) is 6.54 Å². The largest absolute Gasteiger partial charge is 0.371 e. The molecular formula is C11H15F2N3S2. The summed E-state index contributed by atoms with van der Waals surface area (Å²) in [7, 11) is 0. The Hall–Kier alpha value is -1.13. The molecule has 0 aliphatic heterocycles. The molecule has 0 bridgehead atoms. The van der Waals surface area contributed by atoms with Crippen LogP contribution >= 0.6 is 24.5 Å². The van der Waals surface area contributed by atoms with E-state index in [1.807, 2.05) is 11.8 Å². The van der Waals surface area contributed by atoms with Crippen LogP contribution in [0, 0.1) is 12.8 Å². The van der Waals surface area contributed by atoms with Gasteiger partial charge in [-0.25, -0.2) is 8.96 Å². The first kappa shape index (κ1) is 16.9.